The van der Waals surface area contributed by atoms with Crippen LogP contribution in [0.4, 0.5) is 10.2 Å². The number of nitrogen functional groups attached to an aromatic ring is 1. The van der Waals surface area contributed by atoms with Gasteiger partial charge in [-0.15, -0.1) is 0 Å². The van der Waals surface area contributed by atoms with Crippen LogP contribution in [0.5, 0.6) is 0 Å². The number of aliphatic imine (C=N–C) groups is 1. The Morgan fingerprint density at radius 1 is 1.33 bits per heavy atom. The number of pyridine rings is 1. The Balaban J connectivity index is 1.91. The Morgan fingerprint density at radius 3 is 2.90 bits per heavy atom. The van der Waals surface area contributed by atoms with E-state index in [0.29, 0.717) is 12.2 Å². The summed E-state index contributed by atoms with van der Waals surface area (Å²) in [5.41, 5.74) is 9.01. The molecule has 1 aliphatic carbocycles. The summed E-state index contributed by atoms with van der Waals surface area (Å²) in [6.07, 6.45) is 9.29. The molecule has 1 aliphatic heterocycles. The van der Waals surface area contributed by atoms with Crippen molar-refractivity contribution in [2.24, 2.45) is 10.9 Å². The van der Waals surface area contributed by atoms with Crippen LogP contribution < -0.4 is 5.73 Å². The highest BCUT2D eigenvalue weighted by Crippen LogP contribution is 2.34. The maximum absolute atomic E-state index is 13.7. The van der Waals surface area contributed by atoms with Gasteiger partial charge in [-0.25, -0.2) is 9.37 Å². The van der Waals surface area contributed by atoms with Gasteiger partial charge in [-0.1, -0.05) is 25.1 Å². The maximum Gasteiger partial charge on any atom is 0.123 e. The van der Waals surface area contributed by atoms with E-state index in [0.717, 1.165) is 24.1 Å². The molecule has 0 aromatic carbocycles. The van der Waals surface area contributed by atoms with Gasteiger partial charge in [0.15, 0.2) is 0 Å². The zero-order valence-corrected chi connectivity index (χ0v) is 12.2. The third-order valence-corrected chi connectivity index (χ3v) is 4.29. The summed E-state index contributed by atoms with van der Waals surface area (Å²) < 4.78 is 13.7. The van der Waals surface area contributed by atoms with Gasteiger partial charge in [0.1, 0.15) is 12.0 Å². The van der Waals surface area contributed by atoms with Crippen molar-refractivity contribution in [2.75, 3.05) is 5.73 Å². The number of allylic oxidation sites excluding steroid dienone is 3. The summed E-state index contributed by atoms with van der Waals surface area (Å²) >= 11 is 0. The molecule has 2 aliphatic rings. The number of nitrogens with two attached hydrogens (primary N) is 1. The quantitative estimate of drug-likeness (QED) is 0.898. The molecular formula is C17H20FN3. The second-order valence-electron chi connectivity index (χ2n) is 5.81. The van der Waals surface area contributed by atoms with Gasteiger partial charge < -0.3 is 5.73 Å². The van der Waals surface area contributed by atoms with Crippen molar-refractivity contribution < 1.29 is 4.39 Å². The van der Waals surface area contributed by atoms with Gasteiger partial charge in [0.2, 0.25) is 0 Å². The smallest absolute Gasteiger partial charge is 0.123 e. The number of rotatable bonds is 2. The molecule has 3 atom stereocenters. The van der Waals surface area contributed by atoms with Gasteiger partial charge in [0.25, 0.3) is 0 Å². The Bertz CT molecular complexity index is 601. The van der Waals surface area contributed by atoms with E-state index in [1.165, 1.54) is 5.57 Å². The summed E-state index contributed by atoms with van der Waals surface area (Å²) in [7, 11) is 0. The van der Waals surface area contributed by atoms with Gasteiger partial charge in [-0.3, -0.25) is 4.99 Å². The number of halogens is 1. The molecule has 2 heterocycles. The molecule has 0 saturated heterocycles. The predicted octanol–water partition coefficient (Wildman–Crippen LogP) is 3.80. The normalized spacial score (nSPS) is 29.0. The van der Waals surface area contributed by atoms with Crippen LogP contribution in [0.2, 0.25) is 0 Å². The lowest BCUT2D eigenvalue weighted by atomic mass is 9.80. The highest BCUT2D eigenvalue weighted by Gasteiger charge is 2.28. The zero-order valence-electron chi connectivity index (χ0n) is 12.2. The van der Waals surface area contributed by atoms with Crippen LogP contribution in [0.15, 0.2) is 47.2 Å². The second-order valence-corrected chi connectivity index (χ2v) is 5.81. The topological polar surface area (TPSA) is 51.3 Å². The van der Waals surface area contributed by atoms with Crippen LogP contribution in [0.1, 0.15) is 37.7 Å². The van der Waals surface area contributed by atoms with E-state index in [9.17, 15) is 4.39 Å². The van der Waals surface area contributed by atoms with E-state index in [1.807, 2.05) is 37.5 Å². The van der Waals surface area contributed by atoms with Gasteiger partial charge in [-0.2, -0.15) is 0 Å². The molecule has 21 heavy (non-hydrogen) atoms. The van der Waals surface area contributed by atoms with Crippen LogP contribution in [0.25, 0.3) is 0 Å². The highest BCUT2D eigenvalue weighted by atomic mass is 19.1. The van der Waals surface area contributed by atoms with Crippen molar-refractivity contribution in [2.45, 2.75) is 38.3 Å². The van der Waals surface area contributed by atoms with Crippen LogP contribution in [0.3, 0.4) is 0 Å². The Morgan fingerprint density at radius 2 is 2.19 bits per heavy atom. The Kier molecular flexibility index (Phi) is 3.86. The van der Waals surface area contributed by atoms with E-state index >= 15 is 0 Å². The van der Waals surface area contributed by atoms with Crippen molar-refractivity contribution >= 4 is 11.5 Å². The largest absolute Gasteiger partial charge is 0.384 e. The summed E-state index contributed by atoms with van der Waals surface area (Å²) in [4.78, 5) is 8.76. The van der Waals surface area contributed by atoms with Crippen molar-refractivity contribution in [3.05, 3.63) is 47.8 Å². The lowest BCUT2D eigenvalue weighted by molar-refractivity contribution is 0.250. The summed E-state index contributed by atoms with van der Waals surface area (Å²) in [6, 6.07) is 3.83. The van der Waals surface area contributed by atoms with Crippen molar-refractivity contribution in [3.63, 3.8) is 0 Å². The number of alkyl halides is 1. The lowest BCUT2D eigenvalue weighted by Gasteiger charge is -2.27. The predicted molar refractivity (Wildman–Crippen MR) is 84.0 cm³/mol. The third-order valence-electron chi connectivity index (χ3n) is 4.29. The number of nitrogens with zero attached hydrogens (tertiary/aromatic N) is 2. The fourth-order valence-electron chi connectivity index (χ4n) is 3.03. The molecule has 3 nitrogen and oxygen atoms in total. The first-order chi connectivity index (χ1) is 10.1. The van der Waals surface area contributed by atoms with E-state index in [-0.39, 0.29) is 11.8 Å². The van der Waals surface area contributed by atoms with Gasteiger partial charge in [0, 0.05) is 24.2 Å². The average molecular weight is 285 g/mol. The third kappa shape index (κ3) is 2.89. The number of hydrogen-bond acceptors (Lipinski definition) is 3. The minimum Gasteiger partial charge on any atom is -0.384 e. The SMILES string of the molecule is CC1C=C(C2=NC=CCC2c2ccc(N)nc2)CCC1F. The minimum absolute atomic E-state index is 0.0347. The molecular weight excluding hydrogens is 265 g/mol. The second kappa shape index (κ2) is 5.80. The van der Waals surface area contributed by atoms with E-state index in [4.69, 9.17) is 5.73 Å². The molecule has 110 valence electrons. The number of aromatic nitrogens is 1. The van der Waals surface area contributed by atoms with Crippen molar-refractivity contribution in [1.29, 1.82) is 0 Å². The van der Waals surface area contributed by atoms with Crippen molar-refractivity contribution in [3.8, 4) is 0 Å². The molecule has 3 unspecified atom stereocenters. The monoisotopic (exact) mass is 285 g/mol. The summed E-state index contributed by atoms with van der Waals surface area (Å²) in [5.74, 6) is 0.680. The van der Waals surface area contributed by atoms with E-state index in [2.05, 4.69) is 16.1 Å². The van der Waals surface area contributed by atoms with Gasteiger partial charge in [-0.05, 0) is 36.5 Å². The number of hydrogen-bond donors (Lipinski definition) is 1. The standard InChI is InChI=1S/C17H20FN3/c1-11-9-12(4-6-15(11)18)17-14(3-2-8-20-17)13-5-7-16(19)21-10-13/h2,5,7-11,14-15H,3-4,6H2,1H3,(H2,19,21). The molecule has 1 aromatic rings. The first kappa shape index (κ1) is 14.0. The van der Waals surface area contributed by atoms with E-state index in [1.54, 1.807) is 0 Å². The fraction of sp³-hybridized carbons (Fsp3) is 0.412. The fourth-order valence-corrected chi connectivity index (χ4v) is 3.03. The molecule has 1 aromatic heterocycles. The molecule has 0 fully saturated rings. The van der Waals surface area contributed by atoms with Crippen LogP contribution >= 0.6 is 0 Å². The molecule has 4 heteroatoms. The van der Waals surface area contributed by atoms with Crippen LogP contribution in [-0.2, 0) is 0 Å². The zero-order chi connectivity index (χ0) is 14.8. The maximum atomic E-state index is 13.7. The van der Waals surface area contributed by atoms with Gasteiger partial charge >= 0.3 is 0 Å². The van der Waals surface area contributed by atoms with E-state index < -0.39 is 6.17 Å². The first-order valence-electron chi connectivity index (χ1n) is 7.44. The first-order valence-corrected chi connectivity index (χ1v) is 7.44. The molecule has 0 amide bonds. The van der Waals surface area contributed by atoms with Crippen molar-refractivity contribution in [1.82, 2.24) is 4.98 Å². The van der Waals surface area contributed by atoms with Crippen LogP contribution in [0, 0.1) is 5.92 Å². The summed E-state index contributed by atoms with van der Waals surface area (Å²) in [6.45, 7) is 1.93. The molecule has 0 bridgehead atoms. The molecule has 0 saturated carbocycles. The van der Waals surface area contributed by atoms with Crippen LogP contribution in [-0.4, -0.2) is 16.9 Å². The molecule has 0 radical (unpaired) electrons. The highest BCUT2D eigenvalue weighted by molar-refractivity contribution is 6.05. The molecule has 3 rings (SSSR count). The molecule has 2 N–H and O–H groups in total. The average Bonchev–Trinajstić information content (AvgIpc) is 2.51. The molecule has 0 spiro atoms. The lowest BCUT2D eigenvalue weighted by Crippen LogP contribution is -2.23. The minimum atomic E-state index is -0.731. The Labute approximate surface area is 124 Å². The van der Waals surface area contributed by atoms with Gasteiger partial charge in [0.05, 0.1) is 5.71 Å². The number of anilines is 1. The summed E-state index contributed by atoms with van der Waals surface area (Å²) in [5, 5.41) is 0. The Hall–Kier alpha value is -1.97.